The summed E-state index contributed by atoms with van der Waals surface area (Å²) in [6.07, 6.45) is -10.9. The van der Waals surface area contributed by atoms with Gasteiger partial charge in [0.25, 0.3) is 5.56 Å². The molecule has 2 N–H and O–H groups in total. The standard InChI is InChI=1S/C31H20ClF7N2O5/c1-14-4-2-7-23-26(14)16-9-18(27(33)20(10-16)31(37,38)39)22(12-25(43)44)40-29(45)28(15-5-3-6-17(8-15)46-23)41-13-21(32)19(11-24(41)42)30(34,35)36/h2-11,13,22,28H,12H2,1H3,(H,40,45)(H,43,44)/t22-,28+/m0/s1. The number of carboxylic acids is 1. The van der Waals surface area contributed by atoms with Crippen LogP contribution in [0.5, 0.6) is 11.5 Å². The first-order valence-corrected chi connectivity index (χ1v) is 13.6. The van der Waals surface area contributed by atoms with E-state index in [1.807, 2.05) is 0 Å². The largest absolute Gasteiger partial charge is 0.481 e. The van der Waals surface area contributed by atoms with Crippen LogP contribution in [0.1, 0.15) is 46.3 Å². The summed E-state index contributed by atoms with van der Waals surface area (Å²) in [5.41, 5.74) is -5.23. The average molecular weight is 669 g/mol. The highest BCUT2D eigenvalue weighted by molar-refractivity contribution is 6.31. The third-order valence-corrected chi connectivity index (χ3v) is 7.57. The summed E-state index contributed by atoms with van der Waals surface area (Å²) in [4.78, 5) is 38.8. The number of nitrogens with one attached hydrogen (secondary N) is 1. The normalized spacial score (nSPS) is 16.7. The second kappa shape index (κ2) is 11.8. The summed E-state index contributed by atoms with van der Waals surface area (Å²) in [6, 6.07) is 7.69. The van der Waals surface area contributed by atoms with E-state index in [9.17, 15) is 45.8 Å². The molecule has 0 aliphatic carbocycles. The lowest BCUT2D eigenvalue weighted by atomic mass is 9.91. The quantitative estimate of drug-likeness (QED) is 0.218. The minimum atomic E-state index is -5.26. The first-order valence-electron chi connectivity index (χ1n) is 13.2. The van der Waals surface area contributed by atoms with Crippen LogP contribution in [0.2, 0.25) is 5.02 Å². The fourth-order valence-corrected chi connectivity index (χ4v) is 5.53. The zero-order valence-corrected chi connectivity index (χ0v) is 24.0. The number of rotatable bonds is 3. The zero-order valence-electron chi connectivity index (χ0n) is 23.3. The summed E-state index contributed by atoms with van der Waals surface area (Å²) < 4.78 is 105. The molecule has 1 aliphatic heterocycles. The van der Waals surface area contributed by atoms with Gasteiger partial charge in [-0.25, -0.2) is 4.39 Å². The average Bonchev–Trinajstić information content (AvgIpc) is 2.93. The van der Waals surface area contributed by atoms with Crippen LogP contribution >= 0.6 is 11.6 Å². The minimum Gasteiger partial charge on any atom is -0.481 e. The number of benzene rings is 3. The molecule has 15 heteroatoms. The lowest BCUT2D eigenvalue weighted by Gasteiger charge is -2.26. The lowest BCUT2D eigenvalue weighted by molar-refractivity contribution is -0.140. The third kappa shape index (κ3) is 6.29. The molecule has 1 aromatic heterocycles. The highest BCUT2D eigenvalue weighted by atomic mass is 35.5. The number of hydrogen-bond acceptors (Lipinski definition) is 4. The molecule has 3 aromatic carbocycles. The molecule has 46 heavy (non-hydrogen) atoms. The molecule has 0 saturated carbocycles. The monoisotopic (exact) mass is 668 g/mol. The highest BCUT2D eigenvalue weighted by Crippen LogP contribution is 2.43. The molecule has 1 aliphatic rings. The van der Waals surface area contributed by atoms with Crippen molar-refractivity contribution in [1.82, 2.24) is 9.88 Å². The molecule has 1 amide bonds. The Bertz CT molecular complexity index is 1940. The molecule has 0 unspecified atom stereocenters. The number of aromatic nitrogens is 1. The van der Waals surface area contributed by atoms with Crippen molar-refractivity contribution in [3.8, 4) is 22.6 Å². The number of hydrogen-bond donors (Lipinski definition) is 2. The molecule has 4 bridgehead atoms. The van der Waals surface area contributed by atoms with E-state index >= 15 is 4.39 Å². The lowest BCUT2D eigenvalue weighted by Crippen LogP contribution is -2.40. The highest BCUT2D eigenvalue weighted by Gasteiger charge is 2.39. The topological polar surface area (TPSA) is 97.6 Å². The van der Waals surface area contributed by atoms with Crippen LogP contribution in [0.4, 0.5) is 30.7 Å². The minimum absolute atomic E-state index is 0.00226. The van der Waals surface area contributed by atoms with Crippen molar-refractivity contribution in [2.45, 2.75) is 37.8 Å². The molecule has 5 rings (SSSR count). The number of nitrogens with zero attached hydrogens (tertiary/aromatic N) is 1. The van der Waals surface area contributed by atoms with E-state index in [1.165, 1.54) is 36.4 Å². The van der Waals surface area contributed by atoms with E-state index in [0.29, 0.717) is 22.4 Å². The Morgan fingerprint density at radius 1 is 0.978 bits per heavy atom. The van der Waals surface area contributed by atoms with Gasteiger partial charge in [-0.2, -0.15) is 26.3 Å². The molecule has 2 atom stereocenters. The van der Waals surface area contributed by atoms with Crippen molar-refractivity contribution in [1.29, 1.82) is 0 Å². The SMILES string of the molecule is Cc1cccc2c1-c1cc(c(F)c(C(F)(F)F)c1)[C@H](CC(=O)O)NC(=O)[C@H](n1cc(Cl)c(C(F)(F)F)cc1=O)c1cccc(c1)O2. The number of pyridine rings is 1. The molecule has 0 radical (unpaired) electrons. The Hall–Kier alpha value is -4.85. The first-order chi connectivity index (χ1) is 21.5. The number of carboxylic acid groups (broad SMARTS) is 1. The Kier molecular flexibility index (Phi) is 8.36. The maximum atomic E-state index is 15.7. The van der Waals surface area contributed by atoms with Gasteiger partial charge in [0.1, 0.15) is 23.4 Å². The van der Waals surface area contributed by atoms with Gasteiger partial charge >= 0.3 is 18.3 Å². The van der Waals surface area contributed by atoms with Gasteiger partial charge in [-0.05, 0) is 53.9 Å². The zero-order chi connectivity index (χ0) is 33.7. The molecule has 0 fully saturated rings. The van der Waals surface area contributed by atoms with Gasteiger partial charge in [0.2, 0.25) is 5.91 Å². The van der Waals surface area contributed by atoms with Gasteiger partial charge in [-0.1, -0.05) is 35.9 Å². The van der Waals surface area contributed by atoms with Crippen LogP contribution < -0.4 is 15.6 Å². The van der Waals surface area contributed by atoms with E-state index in [2.05, 4.69) is 5.32 Å². The smallest absolute Gasteiger partial charge is 0.419 e. The van der Waals surface area contributed by atoms with Crippen molar-refractivity contribution in [2.24, 2.45) is 0 Å². The number of aliphatic carboxylic acids is 1. The van der Waals surface area contributed by atoms with Crippen LogP contribution in [0, 0.1) is 12.7 Å². The third-order valence-electron chi connectivity index (χ3n) is 7.27. The van der Waals surface area contributed by atoms with E-state index in [0.717, 1.165) is 6.07 Å². The van der Waals surface area contributed by atoms with Gasteiger partial charge in [-0.15, -0.1) is 0 Å². The Labute approximate surface area is 259 Å². The summed E-state index contributed by atoms with van der Waals surface area (Å²) in [5.74, 6) is -4.76. The maximum Gasteiger partial charge on any atom is 0.419 e. The van der Waals surface area contributed by atoms with Gasteiger partial charge in [0.05, 0.1) is 28.6 Å². The predicted molar refractivity (Wildman–Crippen MR) is 150 cm³/mol. The number of alkyl halides is 6. The fourth-order valence-electron chi connectivity index (χ4n) is 5.27. The van der Waals surface area contributed by atoms with E-state index in [4.69, 9.17) is 16.3 Å². The van der Waals surface area contributed by atoms with E-state index in [-0.39, 0.29) is 34.3 Å². The maximum absolute atomic E-state index is 15.7. The first kappa shape index (κ1) is 32.5. The van der Waals surface area contributed by atoms with Gasteiger partial charge in [0, 0.05) is 23.4 Å². The molecular weight excluding hydrogens is 649 g/mol. The van der Waals surface area contributed by atoms with Crippen LogP contribution in [0.3, 0.4) is 0 Å². The van der Waals surface area contributed by atoms with Crippen molar-refractivity contribution >= 4 is 23.5 Å². The Balaban J connectivity index is 1.84. The van der Waals surface area contributed by atoms with Crippen molar-refractivity contribution < 1.29 is 50.2 Å². The Morgan fingerprint density at radius 2 is 1.65 bits per heavy atom. The van der Waals surface area contributed by atoms with Crippen LogP contribution in [0.25, 0.3) is 11.1 Å². The Morgan fingerprint density at radius 3 is 2.30 bits per heavy atom. The van der Waals surface area contributed by atoms with Crippen molar-refractivity contribution in [3.05, 3.63) is 116 Å². The van der Waals surface area contributed by atoms with Crippen LogP contribution in [-0.2, 0) is 21.9 Å². The number of aryl methyl sites for hydroxylation is 1. The van der Waals surface area contributed by atoms with Gasteiger partial charge in [-0.3, -0.25) is 19.0 Å². The summed E-state index contributed by atoms with van der Waals surface area (Å²) in [7, 11) is 0. The van der Waals surface area contributed by atoms with E-state index in [1.54, 1.807) is 13.0 Å². The number of fused-ring (bicyclic) bond motifs is 6. The molecule has 0 saturated heterocycles. The second-order valence-corrected chi connectivity index (χ2v) is 10.8. The molecule has 240 valence electrons. The van der Waals surface area contributed by atoms with Crippen molar-refractivity contribution in [2.75, 3.05) is 0 Å². The van der Waals surface area contributed by atoms with Gasteiger partial charge < -0.3 is 15.2 Å². The molecule has 0 spiro atoms. The number of carbonyl (C=O) groups excluding carboxylic acids is 1. The number of amides is 1. The summed E-state index contributed by atoms with van der Waals surface area (Å²) in [6.45, 7) is 1.56. The summed E-state index contributed by atoms with van der Waals surface area (Å²) >= 11 is 5.86. The molecule has 7 nitrogen and oxygen atoms in total. The van der Waals surface area contributed by atoms with Crippen molar-refractivity contribution in [3.63, 3.8) is 0 Å². The summed E-state index contributed by atoms with van der Waals surface area (Å²) in [5, 5.41) is 10.9. The van der Waals surface area contributed by atoms with Crippen LogP contribution in [-0.4, -0.2) is 21.6 Å². The fraction of sp³-hybridized carbons (Fsp3) is 0.194. The van der Waals surface area contributed by atoms with Crippen LogP contribution in [0.15, 0.2) is 71.7 Å². The van der Waals surface area contributed by atoms with Gasteiger partial charge in [0.15, 0.2) is 0 Å². The number of halogens is 8. The number of ether oxygens (including phenoxy) is 1. The van der Waals surface area contributed by atoms with E-state index < -0.39 is 75.8 Å². The number of carbonyl (C=O) groups is 2. The predicted octanol–water partition coefficient (Wildman–Crippen LogP) is 7.68. The molecule has 4 aromatic rings. The molecule has 2 heterocycles. The second-order valence-electron chi connectivity index (χ2n) is 10.4. The molecular formula is C31H20ClF7N2O5.